The maximum atomic E-state index is 12.4. The number of esters is 1. The smallest absolute Gasteiger partial charge is 0.342 e. The summed E-state index contributed by atoms with van der Waals surface area (Å²) in [6.45, 7) is 8.79. The van der Waals surface area contributed by atoms with E-state index in [-0.39, 0.29) is 54.0 Å². The molecule has 0 spiro atoms. The number of amides is 2. The molecular formula is C17H26N3O6+. The van der Waals surface area contributed by atoms with Crippen LogP contribution in [0.1, 0.15) is 47.2 Å². The van der Waals surface area contributed by atoms with Crippen molar-refractivity contribution in [3.8, 4) is 0 Å². The van der Waals surface area contributed by atoms with Gasteiger partial charge in [-0.3, -0.25) is 14.9 Å². The number of hydrogen-bond acceptors (Lipinski definition) is 6. The van der Waals surface area contributed by atoms with Crippen LogP contribution in [0.3, 0.4) is 0 Å². The lowest BCUT2D eigenvalue weighted by Gasteiger charge is -2.31. The highest BCUT2D eigenvalue weighted by Crippen LogP contribution is 2.27. The number of carbonyl (C=O) groups excluding carboxylic acids is 3. The number of anilines is 1. The molecule has 0 aromatic carbocycles. The van der Waals surface area contributed by atoms with Crippen LogP contribution in [0.5, 0.6) is 0 Å². The third-order valence-electron chi connectivity index (χ3n) is 4.09. The van der Waals surface area contributed by atoms with Gasteiger partial charge in [0.25, 0.3) is 11.8 Å². The molecule has 1 aromatic rings. The van der Waals surface area contributed by atoms with E-state index in [1.165, 1.54) is 6.92 Å². The van der Waals surface area contributed by atoms with E-state index in [9.17, 15) is 14.4 Å². The highest BCUT2D eigenvalue weighted by atomic mass is 16.5. The molecule has 1 aromatic heterocycles. The minimum absolute atomic E-state index is 0.0593. The molecule has 4 N–H and O–H groups in total. The van der Waals surface area contributed by atoms with Gasteiger partial charge in [-0.25, -0.2) is 4.79 Å². The lowest BCUT2D eigenvalue weighted by molar-refractivity contribution is -0.907. The molecule has 0 radical (unpaired) electrons. The Morgan fingerprint density at radius 1 is 1.23 bits per heavy atom. The van der Waals surface area contributed by atoms with Gasteiger partial charge in [0.05, 0.1) is 6.61 Å². The Morgan fingerprint density at radius 2 is 1.85 bits per heavy atom. The monoisotopic (exact) mass is 368 g/mol. The Kier molecular flexibility index (Phi) is 6.38. The predicted molar refractivity (Wildman–Crippen MR) is 92.1 cm³/mol. The van der Waals surface area contributed by atoms with E-state index in [1.54, 1.807) is 6.92 Å². The van der Waals surface area contributed by atoms with Crippen molar-refractivity contribution in [3.05, 3.63) is 16.9 Å². The standard InChI is InChI=1S/C17H25N3O6/c1-5-24-17(23)13-11(4)26-16(14(13)15(18)22)19-12(21)8-20-6-9(2)25-10(3)7-20/h9-10H,5-8H2,1-4H3,(H2,18,22)(H,19,21)/p+1/t9-,10+. The molecule has 3 atom stereocenters. The summed E-state index contributed by atoms with van der Waals surface area (Å²) in [5.41, 5.74) is 5.15. The first-order chi connectivity index (χ1) is 12.2. The number of primary amides is 1. The highest BCUT2D eigenvalue weighted by Gasteiger charge is 2.31. The maximum absolute atomic E-state index is 12.4. The highest BCUT2D eigenvalue weighted by molar-refractivity contribution is 6.10. The number of nitrogens with one attached hydrogen (secondary N) is 2. The van der Waals surface area contributed by atoms with Crippen molar-refractivity contribution < 1.29 is 33.2 Å². The van der Waals surface area contributed by atoms with Crippen molar-refractivity contribution in [1.82, 2.24) is 0 Å². The van der Waals surface area contributed by atoms with Crippen molar-refractivity contribution in [2.24, 2.45) is 5.73 Å². The first kappa shape index (κ1) is 19.9. The second kappa shape index (κ2) is 8.33. The molecule has 2 heterocycles. The van der Waals surface area contributed by atoms with Gasteiger partial charge in [-0.2, -0.15) is 0 Å². The van der Waals surface area contributed by atoms with Crippen LogP contribution in [-0.4, -0.2) is 56.2 Å². The maximum Gasteiger partial charge on any atom is 0.342 e. The van der Waals surface area contributed by atoms with Crippen molar-refractivity contribution in [1.29, 1.82) is 0 Å². The van der Waals surface area contributed by atoms with Crippen LogP contribution in [0.25, 0.3) is 0 Å². The van der Waals surface area contributed by atoms with Gasteiger partial charge < -0.3 is 24.5 Å². The number of hydrogen-bond donors (Lipinski definition) is 3. The zero-order chi connectivity index (χ0) is 19.4. The molecule has 26 heavy (non-hydrogen) atoms. The number of aryl methyl sites for hydroxylation is 1. The van der Waals surface area contributed by atoms with Crippen molar-refractivity contribution in [2.45, 2.75) is 39.9 Å². The van der Waals surface area contributed by atoms with Gasteiger partial charge in [0.1, 0.15) is 42.2 Å². The average molecular weight is 368 g/mol. The third-order valence-corrected chi connectivity index (χ3v) is 4.09. The lowest BCUT2D eigenvalue weighted by atomic mass is 10.1. The summed E-state index contributed by atoms with van der Waals surface area (Å²) in [7, 11) is 0. The average Bonchev–Trinajstić information content (AvgIpc) is 2.82. The molecule has 144 valence electrons. The molecule has 1 aliphatic rings. The predicted octanol–water partition coefficient (Wildman–Crippen LogP) is -0.506. The first-order valence-electron chi connectivity index (χ1n) is 8.62. The van der Waals surface area contributed by atoms with Crippen LogP contribution in [0.4, 0.5) is 5.88 Å². The van der Waals surface area contributed by atoms with E-state index in [4.69, 9.17) is 19.6 Å². The van der Waals surface area contributed by atoms with Crippen molar-refractivity contribution >= 4 is 23.7 Å². The van der Waals surface area contributed by atoms with Gasteiger partial charge in [0.15, 0.2) is 6.54 Å². The normalized spacial score (nSPS) is 22.7. The molecule has 1 fully saturated rings. The van der Waals surface area contributed by atoms with E-state index >= 15 is 0 Å². The molecule has 9 heteroatoms. The number of nitrogens with two attached hydrogens (primary N) is 1. The van der Waals surface area contributed by atoms with E-state index in [1.807, 2.05) is 13.8 Å². The van der Waals surface area contributed by atoms with Crippen LogP contribution in [0.15, 0.2) is 4.42 Å². The number of furan rings is 1. The number of ether oxygens (including phenoxy) is 2. The largest absolute Gasteiger partial charge is 0.462 e. The fourth-order valence-electron chi connectivity index (χ4n) is 3.25. The van der Waals surface area contributed by atoms with Crippen LogP contribution in [0, 0.1) is 6.92 Å². The zero-order valence-electron chi connectivity index (χ0n) is 15.5. The molecule has 1 saturated heterocycles. The molecule has 9 nitrogen and oxygen atoms in total. The molecule has 2 rings (SSSR count). The van der Waals surface area contributed by atoms with Crippen LogP contribution < -0.4 is 16.0 Å². The zero-order valence-corrected chi connectivity index (χ0v) is 15.5. The lowest BCUT2D eigenvalue weighted by Crippen LogP contribution is -3.16. The summed E-state index contributed by atoms with van der Waals surface area (Å²) in [5.74, 6) is -1.90. The summed E-state index contributed by atoms with van der Waals surface area (Å²) in [6.07, 6.45) is 0.119. The fraction of sp³-hybridized carbons (Fsp3) is 0.588. The van der Waals surface area contributed by atoms with Gasteiger partial charge in [0.2, 0.25) is 5.88 Å². The van der Waals surface area contributed by atoms with Gasteiger partial charge >= 0.3 is 5.97 Å². The Labute approximate surface area is 151 Å². The van der Waals surface area contributed by atoms with Crippen LogP contribution in [-0.2, 0) is 14.3 Å². The second-order valence-electron chi connectivity index (χ2n) is 6.46. The number of carbonyl (C=O) groups is 3. The van der Waals surface area contributed by atoms with E-state index in [0.717, 1.165) is 4.90 Å². The van der Waals surface area contributed by atoms with E-state index in [0.29, 0.717) is 13.1 Å². The molecular weight excluding hydrogens is 342 g/mol. The minimum atomic E-state index is -0.874. The summed E-state index contributed by atoms with van der Waals surface area (Å²) < 4.78 is 16.0. The summed E-state index contributed by atoms with van der Waals surface area (Å²) in [4.78, 5) is 37.3. The molecule has 2 amide bonds. The summed E-state index contributed by atoms with van der Waals surface area (Å²) >= 11 is 0. The Bertz CT molecular complexity index is 689. The van der Waals surface area contributed by atoms with E-state index in [2.05, 4.69) is 5.32 Å². The molecule has 0 bridgehead atoms. The second-order valence-corrected chi connectivity index (χ2v) is 6.46. The SMILES string of the molecule is CCOC(=O)c1c(C)oc(NC(=O)C[NH+]2C[C@@H](C)O[C@@H](C)C2)c1C(N)=O. The number of quaternary nitrogens is 1. The first-order valence-corrected chi connectivity index (χ1v) is 8.62. The van der Waals surface area contributed by atoms with Crippen LogP contribution in [0.2, 0.25) is 0 Å². The number of rotatable bonds is 6. The number of morpholine rings is 1. The fourth-order valence-corrected chi connectivity index (χ4v) is 3.25. The quantitative estimate of drug-likeness (QED) is 0.581. The Hall–Kier alpha value is -2.39. The topological polar surface area (TPSA) is 125 Å². The third kappa shape index (κ3) is 4.61. The Balaban J connectivity index is 2.15. The molecule has 0 aliphatic carbocycles. The van der Waals surface area contributed by atoms with Gasteiger partial charge in [-0.15, -0.1) is 0 Å². The van der Waals surface area contributed by atoms with E-state index < -0.39 is 11.9 Å². The molecule has 1 aliphatic heterocycles. The van der Waals surface area contributed by atoms with Gasteiger partial charge in [-0.05, 0) is 27.7 Å². The summed E-state index contributed by atoms with van der Waals surface area (Å²) in [6, 6.07) is 0. The molecule has 0 saturated carbocycles. The van der Waals surface area contributed by atoms with Gasteiger partial charge in [-0.1, -0.05) is 0 Å². The molecule has 1 unspecified atom stereocenters. The van der Waals surface area contributed by atoms with Crippen LogP contribution >= 0.6 is 0 Å². The Morgan fingerprint density at radius 3 is 2.38 bits per heavy atom. The van der Waals surface area contributed by atoms with Crippen molar-refractivity contribution in [3.63, 3.8) is 0 Å². The van der Waals surface area contributed by atoms with Crippen molar-refractivity contribution in [2.75, 3.05) is 31.6 Å². The summed E-state index contributed by atoms with van der Waals surface area (Å²) in [5, 5.41) is 2.55. The van der Waals surface area contributed by atoms with Gasteiger partial charge in [0, 0.05) is 0 Å². The minimum Gasteiger partial charge on any atom is -0.462 e.